The summed E-state index contributed by atoms with van der Waals surface area (Å²) in [6.45, 7) is 1.98. The number of rotatable bonds is 3. The van der Waals surface area contributed by atoms with Crippen molar-refractivity contribution in [2.45, 2.75) is 6.92 Å². The maximum atomic E-state index is 4.61. The van der Waals surface area contributed by atoms with Gasteiger partial charge in [-0.2, -0.15) is 0 Å². The first kappa shape index (κ1) is 14.7. The van der Waals surface area contributed by atoms with E-state index in [4.69, 9.17) is 0 Å². The zero-order valence-corrected chi connectivity index (χ0v) is 13.9. The van der Waals surface area contributed by atoms with Crippen LogP contribution in [0, 0.1) is 6.92 Å². The van der Waals surface area contributed by atoms with Gasteiger partial charge >= 0.3 is 0 Å². The number of halogens is 1. The zero-order chi connectivity index (χ0) is 15.5. The molecule has 0 fully saturated rings. The summed E-state index contributed by atoms with van der Waals surface area (Å²) in [5, 5.41) is 3.11. The van der Waals surface area contributed by atoms with Crippen molar-refractivity contribution in [1.82, 2.24) is 15.0 Å². The molecule has 3 heterocycles. The van der Waals surface area contributed by atoms with Crippen LogP contribution in [-0.4, -0.2) is 22.0 Å². The third-order valence-corrected chi connectivity index (χ3v) is 3.70. The van der Waals surface area contributed by atoms with Gasteiger partial charge in [0.2, 0.25) is 0 Å². The minimum atomic E-state index is 0.802. The van der Waals surface area contributed by atoms with Crippen LogP contribution < -0.4 is 5.32 Å². The molecule has 3 aromatic heterocycles. The normalized spacial score (nSPS) is 10.5. The summed E-state index contributed by atoms with van der Waals surface area (Å²) < 4.78 is 0.947. The second kappa shape index (κ2) is 6.23. The van der Waals surface area contributed by atoms with Crippen molar-refractivity contribution in [3.8, 4) is 22.5 Å². The van der Waals surface area contributed by atoms with E-state index in [1.54, 1.807) is 6.20 Å². The molecule has 0 bridgehead atoms. The molecular weight excluding hydrogens is 340 g/mol. The molecule has 5 heteroatoms. The van der Waals surface area contributed by atoms with Crippen LogP contribution in [0.2, 0.25) is 0 Å². The highest BCUT2D eigenvalue weighted by Gasteiger charge is 2.08. The Morgan fingerprint density at radius 1 is 0.955 bits per heavy atom. The number of nitrogens with one attached hydrogen (secondary N) is 1. The molecular formula is C17H15BrN4. The summed E-state index contributed by atoms with van der Waals surface area (Å²) in [7, 11) is 1.86. The number of hydrogen-bond acceptors (Lipinski definition) is 4. The van der Waals surface area contributed by atoms with Crippen molar-refractivity contribution in [1.29, 1.82) is 0 Å². The van der Waals surface area contributed by atoms with Crippen LogP contribution in [0.15, 0.2) is 53.3 Å². The predicted molar refractivity (Wildman–Crippen MR) is 92.7 cm³/mol. The second-order valence-electron chi connectivity index (χ2n) is 4.93. The molecule has 0 radical (unpaired) electrons. The number of aromatic nitrogens is 3. The molecule has 0 spiro atoms. The van der Waals surface area contributed by atoms with Gasteiger partial charge in [0.15, 0.2) is 0 Å². The summed E-state index contributed by atoms with van der Waals surface area (Å²) in [6, 6.07) is 12.0. The van der Waals surface area contributed by atoms with Crippen molar-refractivity contribution in [2.24, 2.45) is 0 Å². The molecule has 110 valence electrons. The minimum Gasteiger partial charge on any atom is -0.373 e. The largest absolute Gasteiger partial charge is 0.373 e. The highest BCUT2D eigenvalue weighted by molar-refractivity contribution is 9.10. The summed E-state index contributed by atoms with van der Waals surface area (Å²) >= 11 is 3.46. The molecule has 0 aliphatic heterocycles. The molecule has 0 atom stereocenters. The fourth-order valence-electron chi connectivity index (χ4n) is 2.21. The van der Waals surface area contributed by atoms with Crippen molar-refractivity contribution >= 4 is 21.7 Å². The Morgan fingerprint density at radius 3 is 2.55 bits per heavy atom. The van der Waals surface area contributed by atoms with Crippen molar-refractivity contribution in [2.75, 3.05) is 12.4 Å². The zero-order valence-electron chi connectivity index (χ0n) is 12.3. The van der Waals surface area contributed by atoms with Gasteiger partial charge in [-0.1, -0.05) is 6.07 Å². The van der Waals surface area contributed by atoms with Crippen LogP contribution >= 0.6 is 15.9 Å². The number of aryl methyl sites for hydroxylation is 1. The predicted octanol–water partition coefficient (Wildman–Crippen LogP) is 4.32. The first-order valence-corrected chi connectivity index (χ1v) is 7.70. The lowest BCUT2D eigenvalue weighted by Crippen LogP contribution is -1.97. The summed E-state index contributed by atoms with van der Waals surface area (Å²) in [5.74, 6) is 0.802. The lowest BCUT2D eigenvalue weighted by molar-refractivity contribution is 1.17. The van der Waals surface area contributed by atoms with Crippen LogP contribution in [0.5, 0.6) is 0 Å². The lowest BCUT2D eigenvalue weighted by atomic mass is 10.1. The van der Waals surface area contributed by atoms with E-state index in [0.717, 1.165) is 38.5 Å². The molecule has 3 aromatic rings. The van der Waals surface area contributed by atoms with Gasteiger partial charge in [-0.25, -0.2) is 4.98 Å². The number of hydrogen-bond donors (Lipinski definition) is 1. The van der Waals surface area contributed by atoms with Gasteiger partial charge in [0.25, 0.3) is 0 Å². The van der Waals surface area contributed by atoms with Gasteiger partial charge in [-0.05, 0) is 58.7 Å². The monoisotopic (exact) mass is 354 g/mol. The first-order valence-electron chi connectivity index (χ1n) is 6.90. The fraction of sp³-hybridized carbons (Fsp3) is 0.118. The molecule has 0 aromatic carbocycles. The quantitative estimate of drug-likeness (QED) is 0.760. The van der Waals surface area contributed by atoms with E-state index in [9.17, 15) is 0 Å². The van der Waals surface area contributed by atoms with E-state index in [1.165, 1.54) is 0 Å². The average Bonchev–Trinajstić information content (AvgIpc) is 2.54. The lowest BCUT2D eigenvalue weighted by Gasteiger charge is -2.09. The van der Waals surface area contributed by atoms with Crippen LogP contribution in [0.1, 0.15) is 5.69 Å². The molecule has 0 unspecified atom stereocenters. The number of anilines is 1. The minimum absolute atomic E-state index is 0.802. The molecule has 22 heavy (non-hydrogen) atoms. The van der Waals surface area contributed by atoms with Gasteiger partial charge < -0.3 is 5.32 Å². The van der Waals surface area contributed by atoms with E-state index in [2.05, 4.69) is 36.2 Å². The molecule has 0 amide bonds. The Bertz CT molecular complexity index is 754. The molecule has 1 N–H and O–H groups in total. The van der Waals surface area contributed by atoms with Gasteiger partial charge in [0.05, 0.1) is 11.4 Å². The second-order valence-corrected chi connectivity index (χ2v) is 5.85. The van der Waals surface area contributed by atoms with E-state index in [1.807, 2.05) is 56.6 Å². The Hall–Kier alpha value is -2.27. The number of pyridine rings is 3. The molecule has 0 saturated heterocycles. The van der Waals surface area contributed by atoms with Gasteiger partial charge in [-0.3, -0.25) is 9.97 Å². The van der Waals surface area contributed by atoms with E-state index < -0.39 is 0 Å². The third-order valence-electron chi connectivity index (χ3n) is 3.27. The maximum absolute atomic E-state index is 4.61. The van der Waals surface area contributed by atoms with Gasteiger partial charge in [0.1, 0.15) is 5.82 Å². The third kappa shape index (κ3) is 3.14. The van der Waals surface area contributed by atoms with E-state index >= 15 is 0 Å². The SMILES string of the molecule is CNc1cc(-c2cncc(Br)c2)cc(-c2cccc(C)n2)n1. The van der Waals surface area contributed by atoms with Crippen LogP contribution in [0.3, 0.4) is 0 Å². The van der Waals surface area contributed by atoms with Crippen molar-refractivity contribution in [3.05, 3.63) is 59.0 Å². The highest BCUT2D eigenvalue weighted by Crippen LogP contribution is 2.28. The Kier molecular flexibility index (Phi) is 4.15. The molecule has 3 rings (SSSR count). The van der Waals surface area contributed by atoms with Crippen molar-refractivity contribution < 1.29 is 0 Å². The van der Waals surface area contributed by atoms with E-state index in [0.29, 0.717) is 0 Å². The topological polar surface area (TPSA) is 50.7 Å². The molecule has 0 saturated carbocycles. The van der Waals surface area contributed by atoms with E-state index in [-0.39, 0.29) is 0 Å². The van der Waals surface area contributed by atoms with Crippen LogP contribution in [-0.2, 0) is 0 Å². The maximum Gasteiger partial charge on any atom is 0.127 e. The van der Waals surface area contributed by atoms with Crippen molar-refractivity contribution in [3.63, 3.8) is 0 Å². The first-order chi connectivity index (χ1) is 10.7. The van der Waals surface area contributed by atoms with Gasteiger partial charge in [-0.15, -0.1) is 0 Å². The Morgan fingerprint density at radius 2 is 1.82 bits per heavy atom. The standard InChI is InChI=1S/C17H15BrN4/c1-11-4-3-5-15(21-11)16-7-12(8-17(19-2)22-16)13-6-14(18)10-20-9-13/h3-10H,1-2H3,(H,19,22). The highest BCUT2D eigenvalue weighted by atomic mass is 79.9. The summed E-state index contributed by atoms with van der Waals surface area (Å²) in [6.07, 6.45) is 3.61. The van der Waals surface area contributed by atoms with Crippen LogP contribution in [0.4, 0.5) is 5.82 Å². The smallest absolute Gasteiger partial charge is 0.127 e. The Balaban J connectivity index is 2.14. The average molecular weight is 355 g/mol. The molecule has 0 aliphatic carbocycles. The summed E-state index contributed by atoms with van der Waals surface area (Å²) in [4.78, 5) is 13.4. The molecule has 4 nitrogen and oxygen atoms in total. The van der Waals surface area contributed by atoms with Gasteiger partial charge in [0, 0.05) is 35.2 Å². The van der Waals surface area contributed by atoms with Crippen LogP contribution in [0.25, 0.3) is 22.5 Å². The Labute approximate surface area is 137 Å². The fourth-order valence-corrected chi connectivity index (χ4v) is 2.58. The summed E-state index contributed by atoms with van der Waals surface area (Å²) in [5.41, 5.74) is 4.75. The molecule has 0 aliphatic rings. The number of nitrogens with zero attached hydrogens (tertiary/aromatic N) is 3.